The molecule has 0 radical (unpaired) electrons. The fraction of sp³-hybridized carbons (Fsp3) is 1.00. The molecule has 0 aliphatic heterocycles. The maximum Gasteiger partial charge on any atom is 0.0180 e. The molecule has 0 spiro atoms. The Kier molecular flexibility index (Phi) is 13.3. The monoisotopic (exact) mass is 312 g/mol. The van der Waals surface area contributed by atoms with Gasteiger partial charge in [-0.2, -0.15) is 0 Å². The second-order valence-electron chi connectivity index (χ2n) is 7.31. The Labute approximate surface area is 140 Å². The van der Waals surface area contributed by atoms with Gasteiger partial charge in [0.05, 0.1) is 0 Å². The molecule has 0 aliphatic carbocycles. The van der Waals surface area contributed by atoms with Crippen molar-refractivity contribution in [2.45, 2.75) is 123 Å². The van der Waals surface area contributed by atoms with Crippen LogP contribution in [0.1, 0.15) is 111 Å². The SMILES string of the molecule is CCCC(N)CCCCCCCCC(N)(CC)C(CC)CC. The molecular weight excluding hydrogens is 268 g/mol. The second kappa shape index (κ2) is 13.4. The van der Waals surface area contributed by atoms with Crippen molar-refractivity contribution >= 4 is 0 Å². The number of unbranched alkanes of at least 4 members (excludes halogenated alkanes) is 5. The number of hydrogen-bond donors (Lipinski definition) is 2. The average molecular weight is 313 g/mol. The molecule has 2 unspecified atom stereocenters. The summed E-state index contributed by atoms with van der Waals surface area (Å²) in [5.74, 6) is 0.692. The van der Waals surface area contributed by atoms with Gasteiger partial charge in [0.15, 0.2) is 0 Å². The summed E-state index contributed by atoms with van der Waals surface area (Å²) in [6, 6.07) is 0.437. The first-order valence-electron chi connectivity index (χ1n) is 10.1. The van der Waals surface area contributed by atoms with E-state index in [1.165, 1.54) is 77.0 Å². The molecule has 0 aromatic heterocycles. The van der Waals surface area contributed by atoms with Gasteiger partial charge < -0.3 is 11.5 Å². The lowest BCUT2D eigenvalue weighted by molar-refractivity contribution is 0.222. The highest BCUT2D eigenvalue weighted by atomic mass is 14.8. The third-order valence-corrected chi connectivity index (χ3v) is 5.58. The number of rotatable bonds is 15. The predicted molar refractivity (Wildman–Crippen MR) is 101 cm³/mol. The normalized spacial score (nSPS) is 16.0. The van der Waals surface area contributed by atoms with E-state index < -0.39 is 0 Å². The lowest BCUT2D eigenvalue weighted by Crippen LogP contribution is -2.46. The fourth-order valence-electron chi connectivity index (χ4n) is 3.85. The largest absolute Gasteiger partial charge is 0.328 e. The van der Waals surface area contributed by atoms with Crippen LogP contribution in [0.3, 0.4) is 0 Å². The van der Waals surface area contributed by atoms with E-state index in [1.54, 1.807) is 0 Å². The van der Waals surface area contributed by atoms with Gasteiger partial charge in [-0.15, -0.1) is 0 Å². The van der Waals surface area contributed by atoms with Crippen LogP contribution >= 0.6 is 0 Å². The van der Waals surface area contributed by atoms with Gasteiger partial charge in [-0.05, 0) is 31.6 Å². The van der Waals surface area contributed by atoms with Crippen LogP contribution in [0, 0.1) is 5.92 Å². The Morgan fingerprint density at radius 1 is 0.773 bits per heavy atom. The summed E-state index contributed by atoms with van der Waals surface area (Å²) in [4.78, 5) is 0. The van der Waals surface area contributed by atoms with E-state index in [1.807, 2.05) is 0 Å². The summed E-state index contributed by atoms with van der Waals surface area (Å²) < 4.78 is 0. The molecule has 0 amide bonds. The molecule has 0 aromatic carbocycles. The van der Waals surface area contributed by atoms with Crippen LogP contribution in [0.15, 0.2) is 0 Å². The van der Waals surface area contributed by atoms with Crippen molar-refractivity contribution in [2.75, 3.05) is 0 Å². The maximum atomic E-state index is 6.67. The van der Waals surface area contributed by atoms with E-state index in [9.17, 15) is 0 Å². The smallest absolute Gasteiger partial charge is 0.0180 e. The Bertz CT molecular complexity index is 238. The average Bonchev–Trinajstić information content (AvgIpc) is 2.51. The van der Waals surface area contributed by atoms with E-state index in [0.717, 1.165) is 6.42 Å². The zero-order valence-corrected chi connectivity index (χ0v) is 16.0. The zero-order valence-electron chi connectivity index (χ0n) is 16.0. The maximum absolute atomic E-state index is 6.67. The van der Waals surface area contributed by atoms with Crippen molar-refractivity contribution in [3.63, 3.8) is 0 Å². The van der Waals surface area contributed by atoms with E-state index >= 15 is 0 Å². The van der Waals surface area contributed by atoms with Gasteiger partial charge in [-0.3, -0.25) is 0 Å². The van der Waals surface area contributed by atoms with Crippen molar-refractivity contribution in [1.29, 1.82) is 0 Å². The molecule has 2 nitrogen and oxygen atoms in total. The lowest BCUT2D eigenvalue weighted by atomic mass is 9.75. The van der Waals surface area contributed by atoms with E-state index in [4.69, 9.17) is 11.5 Å². The van der Waals surface area contributed by atoms with Gasteiger partial charge in [-0.1, -0.05) is 85.5 Å². The molecule has 2 atom stereocenters. The third-order valence-electron chi connectivity index (χ3n) is 5.58. The predicted octanol–water partition coefficient (Wildman–Crippen LogP) is 5.78. The summed E-state index contributed by atoms with van der Waals surface area (Å²) in [6.07, 6.45) is 16.4. The highest BCUT2D eigenvalue weighted by molar-refractivity contribution is 4.88. The molecule has 0 saturated carbocycles. The first kappa shape index (κ1) is 21.9. The summed E-state index contributed by atoms with van der Waals surface area (Å²) in [5, 5.41) is 0. The van der Waals surface area contributed by atoms with Gasteiger partial charge in [0.25, 0.3) is 0 Å². The molecule has 0 aliphatic rings. The minimum Gasteiger partial charge on any atom is -0.328 e. The van der Waals surface area contributed by atoms with Crippen LogP contribution < -0.4 is 11.5 Å². The molecule has 2 heteroatoms. The van der Waals surface area contributed by atoms with Crippen LogP contribution in [0.2, 0.25) is 0 Å². The first-order chi connectivity index (χ1) is 10.5. The highest BCUT2D eigenvalue weighted by Gasteiger charge is 2.29. The van der Waals surface area contributed by atoms with Crippen molar-refractivity contribution in [2.24, 2.45) is 17.4 Å². The Hall–Kier alpha value is -0.0800. The molecule has 4 N–H and O–H groups in total. The van der Waals surface area contributed by atoms with Gasteiger partial charge >= 0.3 is 0 Å². The summed E-state index contributed by atoms with van der Waals surface area (Å²) in [5.41, 5.74) is 12.8. The van der Waals surface area contributed by atoms with Gasteiger partial charge in [0.1, 0.15) is 0 Å². The van der Waals surface area contributed by atoms with Crippen molar-refractivity contribution in [3.05, 3.63) is 0 Å². The second-order valence-corrected chi connectivity index (χ2v) is 7.31. The van der Waals surface area contributed by atoms with Crippen LogP contribution in [0.4, 0.5) is 0 Å². The molecule has 0 fully saturated rings. The summed E-state index contributed by atoms with van der Waals surface area (Å²) in [6.45, 7) is 9.05. The quantitative estimate of drug-likeness (QED) is 0.377. The lowest BCUT2D eigenvalue weighted by Gasteiger charge is -2.36. The molecule has 0 bridgehead atoms. The van der Waals surface area contributed by atoms with Crippen molar-refractivity contribution < 1.29 is 0 Å². The van der Waals surface area contributed by atoms with Crippen LogP contribution in [-0.4, -0.2) is 11.6 Å². The van der Waals surface area contributed by atoms with E-state index in [0.29, 0.717) is 12.0 Å². The topological polar surface area (TPSA) is 52.0 Å². The molecular formula is C20H44N2. The van der Waals surface area contributed by atoms with E-state index in [2.05, 4.69) is 27.7 Å². The van der Waals surface area contributed by atoms with Crippen molar-refractivity contribution in [3.8, 4) is 0 Å². The minimum atomic E-state index is 0.0798. The zero-order chi connectivity index (χ0) is 16.8. The standard InChI is InChI=1S/C20H44N2/c1-5-15-19(21)16-13-11-9-10-12-14-17-20(22,8-4)18(6-2)7-3/h18-19H,5-17,21-22H2,1-4H3. The van der Waals surface area contributed by atoms with Gasteiger partial charge in [0.2, 0.25) is 0 Å². The Morgan fingerprint density at radius 3 is 1.82 bits per heavy atom. The molecule has 0 heterocycles. The molecule has 22 heavy (non-hydrogen) atoms. The minimum absolute atomic E-state index is 0.0798. The number of hydrogen-bond acceptors (Lipinski definition) is 2. The molecule has 0 saturated heterocycles. The van der Waals surface area contributed by atoms with E-state index in [-0.39, 0.29) is 5.54 Å². The Morgan fingerprint density at radius 2 is 1.32 bits per heavy atom. The Balaban J connectivity index is 3.67. The summed E-state index contributed by atoms with van der Waals surface area (Å²) >= 11 is 0. The highest BCUT2D eigenvalue weighted by Crippen LogP contribution is 2.30. The molecule has 0 rings (SSSR count). The molecule has 0 aromatic rings. The number of nitrogens with two attached hydrogens (primary N) is 2. The van der Waals surface area contributed by atoms with Crippen LogP contribution in [-0.2, 0) is 0 Å². The van der Waals surface area contributed by atoms with Gasteiger partial charge in [-0.25, -0.2) is 0 Å². The summed E-state index contributed by atoms with van der Waals surface area (Å²) in [7, 11) is 0. The van der Waals surface area contributed by atoms with Crippen molar-refractivity contribution in [1.82, 2.24) is 0 Å². The molecule has 134 valence electrons. The van der Waals surface area contributed by atoms with Crippen LogP contribution in [0.5, 0.6) is 0 Å². The third kappa shape index (κ3) is 9.15. The van der Waals surface area contributed by atoms with Gasteiger partial charge in [0, 0.05) is 11.6 Å². The first-order valence-corrected chi connectivity index (χ1v) is 10.1. The van der Waals surface area contributed by atoms with Crippen LogP contribution in [0.25, 0.3) is 0 Å². The fourth-order valence-corrected chi connectivity index (χ4v) is 3.85.